The van der Waals surface area contributed by atoms with E-state index in [1.165, 1.54) is 45.9 Å². The van der Waals surface area contributed by atoms with Crippen LogP contribution in [0.2, 0.25) is 0 Å². The van der Waals surface area contributed by atoms with Crippen LogP contribution in [0.5, 0.6) is 0 Å². The summed E-state index contributed by atoms with van der Waals surface area (Å²) >= 11 is 0. The fraction of sp³-hybridized carbons (Fsp3) is 0.630. The van der Waals surface area contributed by atoms with Gasteiger partial charge in [-0.05, 0) is 161 Å². The minimum Gasteiger partial charge on any atom is -0.748 e. The quantitative estimate of drug-likeness (QED) is 0.00539. The maximum Gasteiger partial charge on any atom is 1.00 e. The number of rotatable bonds is 76. The zero-order chi connectivity index (χ0) is 111. The van der Waals surface area contributed by atoms with Crippen LogP contribution in [-0.4, -0.2) is 337 Å². The number of methoxy groups -OCH3 is 1. The molecule has 5 atom stereocenters. The molecule has 4 aromatic rings. The second-order valence-corrected chi connectivity index (χ2v) is 38.3. The van der Waals surface area contributed by atoms with E-state index in [0.29, 0.717) is 193 Å². The fourth-order valence-corrected chi connectivity index (χ4v) is 13.8. The summed E-state index contributed by atoms with van der Waals surface area (Å²) in [6.45, 7) is 48.8. The van der Waals surface area contributed by atoms with E-state index in [1.54, 1.807) is 37.7 Å². The van der Waals surface area contributed by atoms with Crippen LogP contribution in [0, 0.1) is 11.3 Å². The molecule has 38 nitrogen and oxygen atoms in total. The third-order valence-corrected chi connectivity index (χ3v) is 23.7. The number of hydrogen-bond acceptors (Lipinski definition) is 31. The normalized spacial score (nSPS) is 12.2. The first-order chi connectivity index (χ1) is 69.4. The molecule has 0 saturated heterocycles. The topological polar surface area (TPSA) is 519 Å². The summed E-state index contributed by atoms with van der Waals surface area (Å²) in [5, 5.41) is 56.0. The number of amides is 1. The summed E-state index contributed by atoms with van der Waals surface area (Å²) in [7, 11) is -2.68. The zero-order valence-corrected chi connectivity index (χ0v) is 94.2. The van der Waals surface area contributed by atoms with E-state index in [0.717, 1.165) is 54.4 Å². The van der Waals surface area contributed by atoms with Gasteiger partial charge in [0, 0.05) is 68.7 Å². The van der Waals surface area contributed by atoms with Crippen LogP contribution in [0.1, 0.15) is 250 Å². The Balaban J connectivity index is -0.00000174. The number of esters is 3. The molecule has 4 aromatic carbocycles. The molecule has 1 amide bonds. The van der Waals surface area contributed by atoms with E-state index >= 15 is 0 Å². The standard InChI is InChI=1S/C25H50O11.2C22H31NO5.2C15H21NO4.C9H19NO4S.Na/c1-5-25(2,3)24(26)36-23-22-35-21-20-34-19-18-33-17-16-32-15-14-31-13-12-30-11-10-29-9-8-28-7-6-27-4;2*1-5-17(4)19-10-8-18(9-11-19)13-23(15-21(25)26)14-20(24)7-6-12-28-22(27)16(2)3;2*1-3-11(2)13-6-4-12(5-7-13)8-16(9-14(17)18)10-15(19)20;1-5-7(2)8(11)10-9(3,4)6-15(12,13)14;/h5-23H2,1-4H3;2*8-11,17H,2,5-7,12-15H2,1,3-4H3,(H,25,26);2*4-7,11H,3,8-10H2,1-2H3,(H,17,18)(H,19,20);7H,5-6H2,1-4H3,(H,10,11)(H,12,13,14);/q;;;;;;+1/p-1. The maximum atomic E-state index is 12.2. The van der Waals surface area contributed by atoms with Gasteiger partial charge in [-0.1, -0.05) is 186 Å². The van der Waals surface area contributed by atoms with Gasteiger partial charge in [-0.15, -0.1) is 0 Å². The molecule has 0 bridgehead atoms. The SMILES string of the molecule is C=C(C)C(=O)OCCCC(=O)CN(CC(=O)O)Cc1ccc(C(C)CC)cc1.C=C(C)C(=O)OCCCC(=O)CN(CC(=O)O)Cc1ccc(C(C)CC)cc1.CCC(C)(C)C(=O)OCCOCCOCCOCCOCCOCCOCCOCCOCCOC.CCC(C)C(=O)NC(C)(C)CS(=O)(=O)[O-].CCC(C)c1ccc(CN(CC(=O)O)CC(=O)O)cc1.CCC(C)c1ccc(CN(CC(=O)O)CC(=O)O)cc1.[Na+]. The molecule has 5 unspecified atom stereocenters. The van der Waals surface area contributed by atoms with Crippen LogP contribution in [0.25, 0.3) is 0 Å². The predicted molar refractivity (Wildman–Crippen MR) is 557 cm³/mol. The smallest absolute Gasteiger partial charge is 0.748 e. The Hall–Kier alpha value is -9.21. The van der Waals surface area contributed by atoms with Crippen LogP contribution in [0.3, 0.4) is 0 Å². The zero-order valence-electron chi connectivity index (χ0n) is 91.3. The van der Waals surface area contributed by atoms with Crippen molar-refractivity contribution in [3.05, 3.63) is 166 Å². The van der Waals surface area contributed by atoms with Gasteiger partial charge in [0.2, 0.25) is 5.91 Å². The minimum absolute atomic E-state index is 0. The Morgan fingerprint density at radius 1 is 0.358 bits per heavy atom. The van der Waals surface area contributed by atoms with Crippen molar-refractivity contribution in [3.8, 4) is 0 Å². The summed E-state index contributed by atoms with van der Waals surface area (Å²) in [6, 6.07) is 31.9. The molecular weight excluding hydrogens is 1950 g/mol. The number of nitrogens with one attached hydrogen (secondary N) is 1. The molecule has 4 rings (SSSR count). The van der Waals surface area contributed by atoms with Crippen LogP contribution < -0.4 is 34.9 Å². The Morgan fingerprint density at radius 3 is 0.791 bits per heavy atom. The number of benzene rings is 4. The van der Waals surface area contributed by atoms with Gasteiger partial charge in [0.25, 0.3) is 0 Å². The monoisotopic (exact) mass is 2120 g/mol. The number of ether oxygens (including phenoxy) is 12. The molecule has 0 aromatic heterocycles. The van der Waals surface area contributed by atoms with Gasteiger partial charge in [0.05, 0.1) is 199 Å². The third-order valence-electron chi connectivity index (χ3n) is 22.6. The second kappa shape index (κ2) is 85.4. The van der Waals surface area contributed by atoms with Gasteiger partial charge < -0.3 is 97.4 Å². The van der Waals surface area contributed by atoms with Gasteiger partial charge in [-0.3, -0.25) is 67.5 Å². The average molecular weight is 2120 g/mol. The van der Waals surface area contributed by atoms with Crippen molar-refractivity contribution >= 4 is 81.3 Å². The van der Waals surface area contributed by atoms with Crippen molar-refractivity contribution in [3.63, 3.8) is 0 Å². The average Bonchev–Trinajstić information content (AvgIpc) is 0.933. The first-order valence-corrected chi connectivity index (χ1v) is 51.8. The Bertz CT molecular complexity index is 4270. The number of hydrogen-bond donors (Lipinski definition) is 7. The molecule has 0 aliphatic heterocycles. The molecule has 148 heavy (non-hydrogen) atoms. The first-order valence-electron chi connectivity index (χ1n) is 50.2. The van der Waals surface area contributed by atoms with E-state index in [2.05, 4.69) is 98.1 Å². The second-order valence-electron chi connectivity index (χ2n) is 36.9. The summed E-state index contributed by atoms with van der Waals surface area (Å²) < 4.78 is 94.9. The first kappa shape index (κ1) is 143. The molecular formula is C108H172N5NaO33S. The molecule has 40 heteroatoms. The number of Topliss-reactive ketones (excluding diaryl/α,β-unsaturated/α-hetero) is 2. The molecule has 0 aliphatic carbocycles. The molecule has 0 saturated carbocycles. The molecule has 0 spiro atoms. The number of carboxylic acids is 6. The number of nitrogens with zero attached hydrogens (tertiary/aromatic N) is 4. The van der Waals surface area contributed by atoms with Crippen LogP contribution in [-0.2, 0) is 151 Å². The summed E-state index contributed by atoms with van der Waals surface area (Å²) in [5.41, 5.74) is 7.91. The van der Waals surface area contributed by atoms with Gasteiger partial charge >= 0.3 is 83.3 Å². The van der Waals surface area contributed by atoms with Crippen molar-refractivity contribution in [1.29, 1.82) is 0 Å². The van der Waals surface area contributed by atoms with E-state index in [-0.39, 0.29) is 144 Å². The van der Waals surface area contributed by atoms with Gasteiger partial charge in [-0.25, -0.2) is 18.0 Å². The number of carbonyl (C=O) groups is 12. The van der Waals surface area contributed by atoms with Crippen molar-refractivity contribution in [2.75, 3.05) is 197 Å². The molecule has 0 aliphatic rings. The van der Waals surface area contributed by atoms with Gasteiger partial charge in [-0.2, -0.15) is 0 Å². The number of aliphatic carboxylic acids is 6. The van der Waals surface area contributed by atoms with E-state index in [4.69, 9.17) is 87.5 Å². The van der Waals surface area contributed by atoms with Crippen LogP contribution in [0.4, 0.5) is 0 Å². The third kappa shape index (κ3) is 78.0. The molecule has 0 fully saturated rings. The molecule has 834 valence electrons. The largest absolute Gasteiger partial charge is 1.00 e. The van der Waals surface area contributed by atoms with Crippen molar-refractivity contribution in [1.82, 2.24) is 24.9 Å². The fourth-order valence-electron chi connectivity index (χ4n) is 12.8. The molecule has 0 heterocycles. The molecule has 7 N–H and O–H groups in total. The number of carboxylic acid groups (broad SMARTS) is 6. The van der Waals surface area contributed by atoms with Crippen molar-refractivity contribution < 1.29 is 188 Å². The summed E-state index contributed by atoms with van der Waals surface area (Å²) in [4.78, 5) is 141. The minimum atomic E-state index is -4.32. The van der Waals surface area contributed by atoms with E-state index in [1.807, 2.05) is 100 Å². The van der Waals surface area contributed by atoms with Crippen LogP contribution in [0.15, 0.2) is 121 Å². The van der Waals surface area contributed by atoms with Crippen LogP contribution >= 0.6 is 0 Å². The summed E-state index contributed by atoms with van der Waals surface area (Å²) in [5.74, 6) is -6.43. The van der Waals surface area contributed by atoms with Crippen molar-refractivity contribution in [2.24, 2.45) is 11.3 Å². The molecule has 0 radical (unpaired) electrons. The predicted octanol–water partition coefficient (Wildman–Crippen LogP) is 10.7. The van der Waals surface area contributed by atoms with Gasteiger partial charge in [0.15, 0.2) is 0 Å². The Labute approximate surface area is 900 Å². The Morgan fingerprint density at radius 2 is 0.588 bits per heavy atom. The number of ketones is 2. The van der Waals surface area contributed by atoms with E-state index < -0.39 is 74.6 Å². The van der Waals surface area contributed by atoms with Crippen molar-refractivity contribution in [2.45, 2.75) is 237 Å². The van der Waals surface area contributed by atoms with Gasteiger partial charge in [0.1, 0.15) is 18.2 Å². The van der Waals surface area contributed by atoms with E-state index in [9.17, 15) is 70.5 Å². The summed E-state index contributed by atoms with van der Waals surface area (Å²) in [6.07, 6.45) is 6.91. The maximum absolute atomic E-state index is 12.2. The number of carbonyl (C=O) groups excluding carboxylic acids is 6. The Kier molecular flexibility index (Phi) is 82.4.